The van der Waals surface area contributed by atoms with Crippen molar-refractivity contribution in [3.63, 3.8) is 0 Å². The van der Waals surface area contributed by atoms with Crippen LogP contribution >= 0.6 is 0 Å². The van der Waals surface area contributed by atoms with Crippen molar-refractivity contribution in [1.82, 2.24) is 9.97 Å². The maximum atomic E-state index is 4.85. The monoisotopic (exact) mass is 957 g/mol. The molecule has 5 aliphatic rings. The number of pyridine rings is 2. The van der Waals surface area contributed by atoms with Crippen LogP contribution in [0, 0.1) is 11.8 Å². The lowest BCUT2D eigenvalue weighted by Crippen LogP contribution is -2.16. The van der Waals surface area contributed by atoms with Crippen LogP contribution in [0.4, 0.5) is 17.1 Å². The van der Waals surface area contributed by atoms with Crippen LogP contribution in [0.1, 0.15) is 57.0 Å². The lowest BCUT2D eigenvalue weighted by molar-refractivity contribution is 0.700. The number of anilines is 3. The highest BCUT2D eigenvalue weighted by atomic mass is 15.1. The second-order valence-corrected chi connectivity index (χ2v) is 22.9. The van der Waals surface area contributed by atoms with Crippen molar-refractivity contribution in [1.29, 1.82) is 0 Å². The first-order valence-electron chi connectivity index (χ1n) is 27.1. The third-order valence-corrected chi connectivity index (χ3v) is 20.0. The summed E-state index contributed by atoms with van der Waals surface area (Å²) in [5.74, 6) is 1.97. The van der Waals surface area contributed by atoms with Crippen molar-refractivity contribution in [2.24, 2.45) is 11.8 Å². The van der Waals surface area contributed by atoms with Crippen LogP contribution in [0.2, 0.25) is 0 Å². The number of fused-ring (bicyclic) bond motifs is 7. The summed E-state index contributed by atoms with van der Waals surface area (Å²) in [4.78, 5) is 12.1. The lowest BCUT2D eigenvalue weighted by atomic mass is 9.73. The van der Waals surface area contributed by atoms with Crippen LogP contribution < -0.4 is 10.1 Å². The number of benzene rings is 9. The van der Waals surface area contributed by atoms with Gasteiger partial charge in [0.05, 0.1) is 22.8 Å². The van der Waals surface area contributed by atoms with Gasteiger partial charge in [0.2, 0.25) is 0 Å². The summed E-state index contributed by atoms with van der Waals surface area (Å²) in [6.45, 7) is 7.93. The lowest BCUT2D eigenvalue weighted by Gasteiger charge is -2.29. The van der Waals surface area contributed by atoms with E-state index in [-0.39, 0.29) is 0 Å². The Labute approximate surface area is 434 Å². The SMILES string of the molecule is C=Cc1cccc(-c2ccc(N(c3ccc(-c4cccc(C=C)n4)cc3)c3ccc(C4C5C6=c7c8c9c%10c%11c%12c(c%13ccc%14cccc%15c%16ccc%17c(c7c7c%17c%16c%16c%15cc(c%14c%13%11)c%10c%16c97)C54)C=CC6C%128)cc3)cc2)n1. The fourth-order valence-corrected chi connectivity index (χ4v) is 17.4. The van der Waals surface area contributed by atoms with Gasteiger partial charge >= 0.3 is 0 Å². The van der Waals surface area contributed by atoms with Crippen molar-refractivity contribution < 1.29 is 0 Å². The van der Waals surface area contributed by atoms with E-state index < -0.39 is 0 Å². The second kappa shape index (κ2) is 12.4. The van der Waals surface area contributed by atoms with E-state index in [1.165, 1.54) is 75.8 Å². The minimum Gasteiger partial charge on any atom is -0.311 e. The summed E-state index contributed by atoms with van der Waals surface area (Å²) < 4.78 is 0. The first-order valence-corrected chi connectivity index (χ1v) is 27.1. The van der Waals surface area contributed by atoms with Gasteiger partial charge in [-0.3, -0.25) is 0 Å². The molecule has 3 nitrogen and oxygen atoms in total. The van der Waals surface area contributed by atoms with Gasteiger partial charge in [0.25, 0.3) is 0 Å². The van der Waals surface area contributed by atoms with E-state index in [9.17, 15) is 0 Å². The quantitative estimate of drug-likeness (QED) is 0.142. The van der Waals surface area contributed by atoms with Crippen molar-refractivity contribution in [3.8, 4) is 22.5 Å². The molecular weight excluding hydrogens is 919 g/mol. The first kappa shape index (κ1) is 38.2. The van der Waals surface area contributed by atoms with Crippen molar-refractivity contribution >= 4 is 149 Å². The van der Waals surface area contributed by atoms with Crippen molar-refractivity contribution in [2.45, 2.75) is 17.8 Å². The third kappa shape index (κ3) is 3.99. The fraction of sp³-hybridized carbons (Fsp3) is 0.0685. The van der Waals surface area contributed by atoms with Gasteiger partial charge in [0.1, 0.15) is 0 Å². The molecule has 1 saturated carbocycles. The molecule has 346 valence electrons. The number of hydrogen-bond donors (Lipinski definition) is 0. The minimum atomic E-state index is 0.353. The Morgan fingerprint density at radius 3 is 1.71 bits per heavy atom. The van der Waals surface area contributed by atoms with Crippen molar-refractivity contribution in [2.75, 3.05) is 4.90 Å². The van der Waals surface area contributed by atoms with E-state index in [1.54, 1.807) is 82.7 Å². The second-order valence-electron chi connectivity index (χ2n) is 22.9. The molecule has 5 atom stereocenters. The van der Waals surface area contributed by atoms with Gasteiger partial charge in [-0.15, -0.1) is 0 Å². The van der Waals surface area contributed by atoms with Crippen LogP contribution in [-0.4, -0.2) is 9.97 Å². The fourth-order valence-electron chi connectivity index (χ4n) is 17.4. The van der Waals surface area contributed by atoms with E-state index in [2.05, 4.69) is 164 Å². The predicted molar refractivity (Wildman–Crippen MR) is 318 cm³/mol. The predicted octanol–water partition coefficient (Wildman–Crippen LogP) is 18.2. The Morgan fingerprint density at radius 1 is 0.408 bits per heavy atom. The first-order chi connectivity index (χ1) is 37.6. The molecule has 0 radical (unpaired) electrons. The average Bonchev–Trinajstić information content (AvgIpc) is 2.22. The molecule has 14 aromatic carbocycles. The van der Waals surface area contributed by atoms with Gasteiger partial charge in [-0.25, -0.2) is 9.97 Å². The Kier molecular flexibility index (Phi) is 6.22. The standard InChI is InChI=1S/C73H39N3/c1-3-37-9-6-12-50(74-37)33-14-21-39(22-15-33)76(40-23-16-34(17-24-40)51-13-7-10-38(4-2)75-51)41-25-18-36(19-26-41)53-63-59-46-30-28-43-42-11-5-8-35-20-27-44-45-29-31-47-58-56(45)65-54(44)52(35)49-32-48(42)61-55(43)57(46)67-69(59)70(60(47)64(53)63)68(58)73-71(65)62(49)66(61)72(67)73/h3-32,47,53,58,63-64H,1-2H2. The van der Waals surface area contributed by atoms with E-state index in [4.69, 9.17) is 9.97 Å². The number of nitrogens with zero attached hydrogens (tertiary/aromatic N) is 3. The Morgan fingerprint density at radius 2 is 0.987 bits per heavy atom. The topological polar surface area (TPSA) is 29.0 Å². The number of aromatic nitrogens is 2. The molecule has 0 N–H and O–H groups in total. The summed E-state index contributed by atoms with van der Waals surface area (Å²) >= 11 is 0. The normalized spacial score (nSPS) is 19.7. The number of allylic oxidation sites excluding steroid dienone is 1. The van der Waals surface area contributed by atoms with Crippen LogP contribution in [0.25, 0.3) is 154 Å². The van der Waals surface area contributed by atoms with Gasteiger partial charge in [-0.05, 0) is 243 Å². The largest absolute Gasteiger partial charge is 0.311 e. The molecule has 3 heteroatoms. The summed E-state index contributed by atoms with van der Waals surface area (Å²) in [5.41, 5.74) is 18.6. The molecule has 2 bridgehead atoms. The molecule has 5 aliphatic carbocycles. The van der Waals surface area contributed by atoms with Gasteiger partial charge in [0, 0.05) is 40.0 Å². The number of hydrogen-bond acceptors (Lipinski definition) is 3. The van der Waals surface area contributed by atoms with Gasteiger partial charge in [-0.2, -0.15) is 0 Å². The molecule has 5 unspecified atom stereocenters. The van der Waals surface area contributed by atoms with Crippen molar-refractivity contribution in [3.05, 3.63) is 221 Å². The van der Waals surface area contributed by atoms with Crippen LogP contribution in [0.5, 0.6) is 0 Å². The molecule has 2 aromatic heterocycles. The van der Waals surface area contributed by atoms with E-state index in [0.717, 1.165) is 51.0 Å². The zero-order valence-corrected chi connectivity index (χ0v) is 41.0. The minimum absolute atomic E-state index is 0.353. The highest BCUT2D eigenvalue weighted by molar-refractivity contribution is 6.59. The highest BCUT2D eigenvalue weighted by Crippen LogP contribution is 2.75. The Balaban J connectivity index is 0.775. The molecule has 0 saturated heterocycles. The summed E-state index contributed by atoms with van der Waals surface area (Å²) in [6.07, 6.45) is 8.85. The molecular formula is C73H39N3. The van der Waals surface area contributed by atoms with Crippen LogP contribution in [0.15, 0.2) is 177 Å². The molecule has 76 heavy (non-hydrogen) atoms. The molecule has 2 heterocycles. The van der Waals surface area contributed by atoms with Crippen LogP contribution in [0.3, 0.4) is 0 Å². The summed E-state index contributed by atoms with van der Waals surface area (Å²) in [5, 5.41) is 31.8. The van der Waals surface area contributed by atoms with Crippen LogP contribution in [-0.2, 0) is 0 Å². The zero-order valence-electron chi connectivity index (χ0n) is 41.0. The van der Waals surface area contributed by atoms with E-state index >= 15 is 0 Å². The maximum absolute atomic E-state index is 4.85. The van der Waals surface area contributed by atoms with E-state index in [1.807, 2.05) is 24.3 Å². The smallest absolute Gasteiger partial charge is 0.0709 e. The molecule has 0 amide bonds. The molecule has 0 aliphatic heterocycles. The third-order valence-electron chi connectivity index (χ3n) is 20.0. The van der Waals surface area contributed by atoms with E-state index in [0.29, 0.717) is 29.6 Å². The summed E-state index contributed by atoms with van der Waals surface area (Å²) in [7, 11) is 0. The molecule has 0 spiro atoms. The number of rotatable bonds is 8. The molecule has 16 aromatic rings. The zero-order chi connectivity index (χ0) is 48.9. The van der Waals surface area contributed by atoms with Gasteiger partial charge < -0.3 is 4.90 Å². The maximum Gasteiger partial charge on any atom is 0.0709 e. The Bertz CT molecular complexity index is 5350. The van der Waals surface area contributed by atoms with Gasteiger partial charge in [-0.1, -0.05) is 116 Å². The molecule has 1 fully saturated rings. The average molecular weight is 958 g/mol. The Hall–Kier alpha value is -9.44. The van der Waals surface area contributed by atoms with Gasteiger partial charge in [0.15, 0.2) is 0 Å². The molecule has 21 rings (SSSR count). The highest BCUT2D eigenvalue weighted by Gasteiger charge is 2.62. The summed E-state index contributed by atoms with van der Waals surface area (Å²) in [6, 6.07) is 59.4.